The van der Waals surface area contributed by atoms with Gasteiger partial charge in [0.1, 0.15) is 5.78 Å². The minimum Gasteiger partial charge on any atom is -0.298 e. The van der Waals surface area contributed by atoms with Crippen LogP contribution in [0.4, 0.5) is 0 Å². The molecule has 82 valence electrons. The van der Waals surface area contributed by atoms with E-state index in [-0.39, 0.29) is 6.04 Å². The Morgan fingerprint density at radius 1 is 1.67 bits per heavy atom. The molecule has 0 aromatic carbocycles. The maximum Gasteiger partial charge on any atom is 0.149 e. The Labute approximate surface area is 89.9 Å². The summed E-state index contributed by atoms with van der Waals surface area (Å²) in [5.41, 5.74) is 1.17. The first-order valence-corrected chi connectivity index (χ1v) is 5.37. The van der Waals surface area contributed by atoms with Gasteiger partial charge >= 0.3 is 0 Å². The summed E-state index contributed by atoms with van der Waals surface area (Å²) < 4.78 is 1.79. The van der Waals surface area contributed by atoms with Crippen LogP contribution in [0.25, 0.3) is 0 Å². The first-order chi connectivity index (χ1) is 7.16. The molecule has 1 aromatic rings. The van der Waals surface area contributed by atoms with Gasteiger partial charge in [0, 0.05) is 31.8 Å². The minimum atomic E-state index is 0.130. The summed E-state index contributed by atoms with van der Waals surface area (Å²) in [5.74, 6) is 0.390. The summed E-state index contributed by atoms with van der Waals surface area (Å²) >= 11 is 0. The number of ketones is 1. The van der Waals surface area contributed by atoms with Gasteiger partial charge in [0.15, 0.2) is 0 Å². The van der Waals surface area contributed by atoms with Crippen LogP contribution < -0.4 is 0 Å². The van der Waals surface area contributed by atoms with Crippen molar-refractivity contribution in [3.05, 3.63) is 18.0 Å². The van der Waals surface area contributed by atoms with Crippen LogP contribution in [-0.2, 0) is 18.4 Å². The van der Waals surface area contributed by atoms with Crippen LogP contribution in [0.5, 0.6) is 0 Å². The lowest BCUT2D eigenvalue weighted by molar-refractivity contribution is -0.121. The highest BCUT2D eigenvalue weighted by Gasteiger charge is 2.27. The van der Waals surface area contributed by atoms with Crippen LogP contribution in [0.1, 0.15) is 24.8 Å². The lowest BCUT2D eigenvalue weighted by atomic mass is 10.2. The van der Waals surface area contributed by atoms with E-state index in [0.717, 1.165) is 25.8 Å². The Hall–Kier alpha value is -1.16. The predicted molar refractivity (Wildman–Crippen MR) is 57.3 cm³/mol. The molecule has 15 heavy (non-hydrogen) atoms. The van der Waals surface area contributed by atoms with Gasteiger partial charge in [0.05, 0.1) is 12.2 Å². The van der Waals surface area contributed by atoms with Gasteiger partial charge in [-0.05, 0) is 19.9 Å². The van der Waals surface area contributed by atoms with Crippen molar-refractivity contribution < 1.29 is 4.79 Å². The Morgan fingerprint density at radius 2 is 2.47 bits per heavy atom. The maximum atomic E-state index is 11.5. The molecule has 1 aliphatic carbocycles. The van der Waals surface area contributed by atoms with Gasteiger partial charge in [0.25, 0.3) is 0 Å². The van der Waals surface area contributed by atoms with Crippen molar-refractivity contribution >= 4 is 5.78 Å². The summed E-state index contributed by atoms with van der Waals surface area (Å²) in [6.07, 6.45) is 6.66. The molecule has 0 radical (unpaired) electrons. The fourth-order valence-corrected chi connectivity index (χ4v) is 2.22. The van der Waals surface area contributed by atoms with E-state index < -0.39 is 0 Å². The van der Waals surface area contributed by atoms with Crippen molar-refractivity contribution in [3.63, 3.8) is 0 Å². The average Bonchev–Trinajstić information content (AvgIpc) is 2.75. The zero-order chi connectivity index (χ0) is 10.8. The number of aromatic nitrogens is 2. The molecule has 4 nitrogen and oxygen atoms in total. The number of Topliss-reactive ketones (excluding diaryl/α,β-unsaturated/α-hetero) is 1. The van der Waals surface area contributed by atoms with Gasteiger partial charge in [-0.2, -0.15) is 5.10 Å². The molecule has 1 heterocycles. The summed E-state index contributed by atoms with van der Waals surface area (Å²) in [6.45, 7) is 0.810. The zero-order valence-electron chi connectivity index (χ0n) is 9.31. The first-order valence-electron chi connectivity index (χ1n) is 5.37. The van der Waals surface area contributed by atoms with Gasteiger partial charge in [-0.1, -0.05) is 0 Å². The van der Waals surface area contributed by atoms with Crippen molar-refractivity contribution in [2.24, 2.45) is 7.05 Å². The fraction of sp³-hybridized carbons (Fsp3) is 0.636. The Morgan fingerprint density at radius 3 is 3.00 bits per heavy atom. The highest BCUT2D eigenvalue weighted by molar-refractivity contribution is 5.85. The molecule has 1 fully saturated rings. The first kappa shape index (κ1) is 10.4. The molecule has 0 spiro atoms. The maximum absolute atomic E-state index is 11.5. The summed E-state index contributed by atoms with van der Waals surface area (Å²) in [7, 11) is 3.92. The highest BCUT2D eigenvalue weighted by atomic mass is 16.1. The molecule has 1 aromatic heterocycles. The molecule has 4 heteroatoms. The molecule has 1 aliphatic rings. The topological polar surface area (TPSA) is 38.1 Å². The normalized spacial score (nSPS) is 21.5. The van der Waals surface area contributed by atoms with Crippen LogP contribution in [0, 0.1) is 0 Å². The van der Waals surface area contributed by atoms with Gasteiger partial charge < -0.3 is 0 Å². The molecule has 0 aliphatic heterocycles. The second-order valence-corrected chi connectivity index (χ2v) is 4.31. The van der Waals surface area contributed by atoms with Crippen LogP contribution in [-0.4, -0.2) is 33.6 Å². The number of rotatable bonds is 3. The monoisotopic (exact) mass is 207 g/mol. The smallest absolute Gasteiger partial charge is 0.149 e. The molecule has 1 unspecified atom stereocenters. The second-order valence-electron chi connectivity index (χ2n) is 4.31. The molecule has 0 bridgehead atoms. The Kier molecular flexibility index (Phi) is 2.86. The van der Waals surface area contributed by atoms with E-state index in [0.29, 0.717) is 5.78 Å². The van der Waals surface area contributed by atoms with E-state index in [1.807, 2.05) is 26.5 Å². The summed E-state index contributed by atoms with van der Waals surface area (Å²) in [4.78, 5) is 13.7. The van der Waals surface area contributed by atoms with Gasteiger partial charge in [0.2, 0.25) is 0 Å². The average molecular weight is 207 g/mol. The summed E-state index contributed by atoms with van der Waals surface area (Å²) in [5, 5.41) is 4.12. The molecule has 1 atom stereocenters. The van der Waals surface area contributed by atoms with E-state index in [1.165, 1.54) is 5.56 Å². The predicted octanol–water partition coefficient (Wildman–Crippen LogP) is 0.974. The van der Waals surface area contributed by atoms with Gasteiger partial charge in [-0.25, -0.2) is 0 Å². The molecular weight excluding hydrogens is 190 g/mol. The highest BCUT2D eigenvalue weighted by Crippen LogP contribution is 2.20. The lowest BCUT2D eigenvalue weighted by Gasteiger charge is -2.21. The van der Waals surface area contributed by atoms with E-state index in [1.54, 1.807) is 4.68 Å². The number of aryl methyl sites for hydroxylation is 1. The van der Waals surface area contributed by atoms with Crippen molar-refractivity contribution in [2.75, 3.05) is 7.05 Å². The van der Waals surface area contributed by atoms with E-state index in [9.17, 15) is 4.79 Å². The third-order valence-corrected chi connectivity index (χ3v) is 2.99. The third kappa shape index (κ3) is 2.26. The van der Waals surface area contributed by atoms with Gasteiger partial charge in [-0.3, -0.25) is 14.4 Å². The SMILES string of the molecule is CN(Cc1cnn(C)c1)C1CCCC1=O. The zero-order valence-corrected chi connectivity index (χ0v) is 9.31. The number of nitrogens with zero attached hydrogens (tertiary/aromatic N) is 3. The van der Waals surface area contributed by atoms with Crippen LogP contribution in [0.15, 0.2) is 12.4 Å². The van der Waals surface area contributed by atoms with Crippen molar-refractivity contribution in [2.45, 2.75) is 31.8 Å². The minimum absolute atomic E-state index is 0.130. The fourth-order valence-electron chi connectivity index (χ4n) is 2.22. The van der Waals surface area contributed by atoms with E-state index in [2.05, 4.69) is 10.00 Å². The van der Waals surface area contributed by atoms with Crippen molar-refractivity contribution in [1.82, 2.24) is 14.7 Å². The second kappa shape index (κ2) is 4.14. The third-order valence-electron chi connectivity index (χ3n) is 2.99. The number of likely N-dealkylation sites (N-methyl/N-ethyl adjacent to an activating group) is 1. The molecular formula is C11H17N3O. The van der Waals surface area contributed by atoms with Crippen LogP contribution in [0.2, 0.25) is 0 Å². The number of hydrogen-bond acceptors (Lipinski definition) is 3. The van der Waals surface area contributed by atoms with E-state index >= 15 is 0 Å². The molecule has 0 N–H and O–H groups in total. The molecule has 2 rings (SSSR count). The van der Waals surface area contributed by atoms with Crippen LogP contribution in [0.3, 0.4) is 0 Å². The lowest BCUT2D eigenvalue weighted by Crippen LogP contribution is -2.34. The Balaban J connectivity index is 1.97. The van der Waals surface area contributed by atoms with E-state index in [4.69, 9.17) is 0 Å². The standard InChI is InChI=1S/C11H17N3O/c1-13(10-4-3-5-11(10)15)7-9-6-12-14(2)8-9/h6,8,10H,3-5,7H2,1-2H3. The summed E-state index contributed by atoms with van der Waals surface area (Å²) in [6, 6.07) is 0.130. The van der Waals surface area contributed by atoms with Crippen molar-refractivity contribution in [3.8, 4) is 0 Å². The van der Waals surface area contributed by atoms with Crippen LogP contribution >= 0.6 is 0 Å². The van der Waals surface area contributed by atoms with Gasteiger partial charge in [-0.15, -0.1) is 0 Å². The number of carbonyl (C=O) groups excluding carboxylic acids is 1. The molecule has 1 saturated carbocycles. The quantitative estimate of drug-likeness (QED) is 0.741. The number of carbonyl (C=O) groups is 1. The Bertz CT molecular complexity index is 358. The molecule has 0 saturated heterocycles. The molecule has 0 amide bonds. The largest absolute Gasteiger partial charge is 0.298 e. The van der Waals surface area contributed by atoms with Crippen molar-refractivity contribution in [1.29, 1.82) is 0 Å². The number of hydrogen-bond donors (Lipinski definition) is 0.